The maximum absolute atomic E-state index is 13.5. The molecular weight excluding hydrogens is 480 g/mol. The van der Waals surface area contributed by atoms with Crippen molar-refractivity contribution in [3.63, 3.8) is 0 Å². The molecule has 0 saturated heterocycles. The molecule has 1 unspecified atom stereocenters. The monoisotopic (exact) mass is 499 g/mol. The Balaban J connectivity index is 1.67. The molecule has 4 rings (SSSR count). The van der Waals surface area contributed by atoms with Gasteiger partial charge in [-0.3, -0.25) is 14.6 Å². The SMILES string of the molecule is CC1=NC(NC(=O)[C@H](c2ccc(F)cc2)[C@@H](O)c2ccc(Cl)c(Cl)c2)C(=O)Nc2ccccc21. The van der Waals surface area contributed by atoms with Crippen molar-refractivity contribution in [3.05, 3.63) is 99.3 Å². The van der Waals surface area contributed by atoms with Crippen LogP contribution in [0.2, 0.25) is 10.0 Å². The Morgan fingerprint density at radius 1 is 1.06 bits per heavy atom. The second-order valence-corrected chi connectivity index (χ2v) is 8.62. The number of fused-ring (bicyclic) bond motifs is 1. The Morgan fingerprint density at radius 3 is 2.44 bits per heavy atom. The number of anilines is 1. The molecule has 3 aromatic rings. The van der Waals surface area contributed by atoms with E-state index in [1.165, 1.54) is 36.4 Å². The van der Waals surface area contributed by atoms with Gasteiger partial charge < -0.3 is 15.7 Å². The van der Waals surface area contributed by atoms with Gasteiger partial charge in [-0.1, -0.05) is 59.6 Å². The molecule has 0 saturated carbocycles. The van der Waals surface area contributed by atoms with Gasteiger partial charge in [-0.15, -0.1) is 0 Å². The maximum atomic E-state index is 13.5. The first-order chi connectivity index (χ1) is 16.2. The third-order valence-electron chi connectivity index (χ3n) is 5.54. The summed E-state index contributed by atoms with van der Waals surface area (Å²) >= 11 is 12.1. The average Bonchev–Trinajstić information content (AvgIpc) is 2.93. The highest BCUT2D eigenvalue weighted by atomic mass is 35.5. The number of nitrogens with zero attached hydrogens (tertiary/aromatic N) is 1. The van der Waals surface area contributed by atoms with Crippen LogP contribution in [0.1, 0.15) is 35.6 Å². The molecule has 1 heterocycles. The van der Waals surface area contributed by atoms with Gasteiger partial charge in [-0.25, -0.2) is 4.39 Å². The van der Waals surface area contributed by atoms with Gasteiger partial charge in [0, 0.05) is 17.0 Å². The van der Waals surface area contributed by atoms with Crippen molar-refractivity contribution in [1.29, 1.82) is 0 Å². The third kappa shape index (κ3) is 4.97. The van der Waals surface area contributed by atoms with Crippen LogP contribution in [0.5, 0.6) is 0 Å². The summed E-state index contributed by atoms with van der Waals surface area (Å²) in [5.74, 6) is -2.88. The minimum absolute atomic E-state index is 0.206. The van der Waals surface area contributed by atoms with Crippen molar-refractivity contribution in [1.82, 2.24) is 5.32 Å². The van der Waals surface area contributed by atoms with Crippen molar-refractivity contribution in [3.8, 4) is 0 Å². The molecule has 1 aliphatic rings. The average molecular weight is 500 g/mol. The van der Waals surface area contributed by atoms with E-state index in [0.717, 1.165) is 5.56 Å². The van der Waals surface area contributed by atoms with Crippen LogP contribution in [-0.2, 0) is 9.59 Å². The van der Waals surface area contributed by atoms with Crippen molar-refractivity contribution in [2.75, 3.05) is 5.32 Å². The predicted molar refractivity (Wildman–Crippen MR) is 130 cm³/mol. The summed E-state index contributed by atoms with van der Waals surface area (Å²) in [5, 5.41) is 17.0. The molecule has 0 aliphatic carbocycles. The van der Waals surface area contributed by atoms with E-state index in [4.69, 9.17) is 23.2 Å². The second-order valence-electron chi connectivity index (χ2n) is 7.81. The van der Waals surface area contributed by atoms with Crippen LogP contribution in [0.25, 0.3) is 0 Å². The number of hydrogen-bond acceptors (Lipinski definition) is 4. The molecule has 6 nitrogen and oxygen atoms in total. The Hall–Kier alpha value is -3.26. The molecule has 9 heteroatoms. The zero-order chi connectivity index (χ0) is 24.4. The van der Waals surface area contributed by atoms with E-state index < -0.39 is 35.8 Å². The quantitative estimate of drug-likeness (QED) is 0.468. The van der Waals surface area contributed by atoms with Crippen LogP contribution >= 0.6 is 23.2 Å². The van der Waals surface area contributed by atoms with Crippen molar-refractivity contribution in [2.24, 2.45) is 4.99 Å². The van der Waals surface area contributed by atoms with E-state index in [-0.39, 0.29) is 5.02 Å². The van der Waals surface area contributed by atoms with Crippen LogP contribution in [-0.4, -0.2) is 28.8 Å². The Bertz CT molecular complexity index is 1280. The molecule has 3 aromatic carbocycles. The van der Waals surface area contributed by atoms with Crippen LogP contribution in [0.4, 0.5) is 10.1 Å². The third-order valence-corrected chi connectivity index (χ3v) is 6.28. The number of carbonyl (C=O) groups excluding carboxylic acids is 2. The van der Waals surface area contributed by atoms with Crippen LogP contribution in [0.15, 0.2) is 71.7 Å². The lowest BCUT2D eigenvalue weighted by atomic mass is 9.88. The topological polar surface area (TPSA) is 90.8 Å². The molecule has 0 radical (unpaired) electrons. The zero-order valence-electron chi connectivity index (χ0n) is 17.9. The molecule has 1 aliphatic heterocycles. The van der Waals surface area contributed by atoms with E-state index in [2.05, 4.69) is 15.6 Å². The number of aliphatic hydroxyl groups is 1. The normalized spacial score (nSPS) is 17.0. The van der Waals surface area contributed by atoms with Gasteiger partial charge >= 0.3 is 0 Å². The first kappa shape index (κ1) is 23.9. The summed E-state index contributed by atoms with van der Waals surface area (Å²) in [4.78, 5) is 30.6. The second kappa shape index (κ2) is 9.93. The lowest BCUT2D eigenvalue weighted by molar-refractivity contribution is -0.129. The number of nitrogens with one attached hydrogen (secondary N) is 2. The van der Waals surface area contributed by atoms with E-state index in [0.29, 0.717) is 27.5 Å². The number of hydrogen-bond donors (Lipinski definition) is 3. The molecule has 0 spiro atoms. The lowest BCUT2D eigenvalue weighted by Crippen LogP contribution is -2.45. The lowest BCUT2D eigenvalue weighted by Gasteiger charge is -2.25. The van der Waals surface area contributed by atoms with Crippen molar-refractivity contribution in [2.45, 2.75) is 25.1 Å². The highest BCUT2D eigenvalue weighted by Gasteiger charge is 2.34. The molecule has 174 valence electrons. The van der Waals surface area contributed by atoms with Crippen molar-refractivity contribution >= 4 is 46.4 Å². The van der Waals surface area contributed by atoms with Crippen LogP contribution in [0, 0.1) is 5.82 Å². The number of para-hydroxylation sites is 1. The molecule has 0 bridgehead atoms. The van der Waals surface area contributed by atoms with Gasteiger partial charge in [0.2, 0.25) is 12.1 Å². The number of halogens is 3. The first-order valence-corrected chi connectivity index (χ1v) is 11.1. The molecule has 0 fully saturated rings. The number of aliphatic imine (C=N–C) groups is 1. The van der Waals surface area contributed by atoms with Gasteiger partial charge in [0.05, 0.1) is 22.1 Å². The van der Waals surface area contributed by atoms with Crippen LogP contribution < -0.4 is 10.6 Å². The highest BCUT2D eigenvalue weighted by molar-refractivity contribution is 6.42. The van der Waals surface area contributed by atoms with E-state index in [9.17, 15) is 19.1 Å². The number of benzene rings is 3. The first-order valence-electron chi connectivity index (χ1n) is 10.4. The fourth-order valence-corrected chi connectivity index (χ4v) is 4.10. The van der Waals surface area contributed by atoms with Gasteiger partial charge in [-0.2, -0.15) is 0 Å². The van der Waals surface area contributed by atoms with E-state index in [1.54, 1.807) is 25.1 Å². The smallest absolute Gasteiger partial charge is 0.269 e. The minimum atomic E-state index is -1.36. The summed E-state index contributed by atoms with van der Waals surface area (Å²) in [6.07, 6.45) is -2.60. The molecule has 34 heavy (non-hydrogen) atoms. The fraction of sp³-hybridized carbons (Fsp3) is 0.160. The molecule has 2 amide bonds. The predicted octanol–water partition coefficient (Wildman–Crippen LogP) is 4.85. The number of aliphatic hydroxyl groups excluding tert-OH is 1. The summed E-state index contributed by atoms with van der Waals surface area (Å²) < 4.78 is 13.5. The number of amides is 2. The highest BCUT2D eigenvalue weighted by Crippen LogP contribution is 2.34. The van der Waals surface area contributed by atoms with Gasteiger partial charge in [0.25, 0.3) is 5.91 Å². The summed E-state index contributed by atoms with van der Waals surface area (Å²) in [7, 11) is 0. The van der Waals surface area contributed by atoms with E-state index in [1.807, 2.05) is 12.1 Å². The Labute approximate surface area is 205 Å². The standard InChI is InChI=1S/C25H20Cl2FN3O3/c1-13-17-4-2-3-5-20(17)30-25(34)23(29-13)31-24(33)21(14-6-9-16(28)10-7-14)22(32)15-8-11-18(26)19(27)12-15/h2-12,21-23,32H,1H3,(H,30,34)(H,31,33)/t21-,22+,23?/m1/s1. The fourth-order valence-electron chi connectivity index (χ4n) is 3.79. The Morgan fingerprint density at radius 2 is 1.74 bits per heavy atom. The van der Waals surface area contributed by atoms with Gasteiger partial charge in [0.15, 0.2) is 0 Å². The van der Waals surface area contributed by atoms with Crippen molar-refractivity contribution < 1.29 is 19.1 Å². The maximum Gasteiger partial charge on any atom is 0.269 e. The molecule has 3 N–H and O–H groups in total. The minimum Gasteiger partial charge on any atom is -0.387 e. The van der Waals surface area contributed by atoms with E-state index >= 15 is 0 Å². The van der Waals surface area contributed by atoms with Crippen LogP contribution in [0.3, 0.4) is 0 Å². The molecule has 3 atom stereocenters. The molecule has 0 aromatic heterocycles. The number of benzodiazepines with no additional fused rings is 1. The number of carbonyl (C=O) groups is 2. The molecular formula is C25H20Cl2FN3O3. The van der Waals surface area contributed by atoms with Gasteiger partial charge in [0.1, 0.15) is 5.82 Å². The summed E-state index contributed by atoms with van der Waals surface area (Å²) in [6.45, 7) is 1.74. The zero-order valence-corrected chi connectivity index (χ0v) is 19.4. The number of rotatable bonds is 5. The summed E-state index contributed by atoms with van der Waals surface area (Å²) in [6, 6.07) is 16.8. The van der Waals surface area contributed by atoms with Gasteiger partial charge in [-0.05, 0) is 48.4 Å². The largest absolute Gasteiger partial charge is 0.387 e. The summed E-state index contributed by atoms with van der Waals surface area (Å²) in [5.41, 5.74) is 2.55. The Kier molecular flexibility index (Phi) is 6.97.